The van der Waals surface area contributed by atoms with Crippen molar-refractivity contribution >= 4 is 23.0 Å². The van der Waals surface area contributed by atoms with Gasteiger partial charge >= 0.3 is 5.69 Å². The second-order valence-electron chi connectivity index (χ2n) is 4.27. The summed E-state index contributed by atoms with van der Waals surface area (Å²) in [5.41, 5.74) is 0.400. The lowest BCUT2D eigenvalue weighted by Gasteiger charge is -2.26. The molecule has 1 aliphatic heterocycles. The van der Waals surface area contributed by atoms with Crippen LogP contribution in [0.4, 0.5) is 11.4 Å². The fraction of sp³-hybridized carbons (Fsp3) is 0.500. The number of anilines is 1. The number of hydrogen-bond donors (Lipinski definition) is 1. The van der Waals surface area contributed by atoms with Gasteiger partial charge in [-0.3, -0.25) is 15.0 Å². The summed E-state index contributed by atoms with van der Waals surface area (Å²) < 4.78 is 5.26. The second kappa shape index (κ2) is 6.70. The maximum atomic E-state index is 11.0. The Balaban J connectivity index is 1.92. The normalized spacial score (nSPS) is 16.3. The van der Waals surface area contributed by atoms with Crippen LogP contribution in [0.2, 0.25) is 5.02 Å². The van der Waals surface area contributed by atoms with Crippen LogP contribution in [-0.2, 0) is 4.74 Å². The zero-order valence-electron chi connectivity index (χ0n) is 10.5. The Labute approximate surface area is 116 Å². The highest BCUT2D eigenvalue weighted by atomic mass is 35.5. The molecule has 0 spiro atoms. The zero-order valence-corrected chi connectivity index (χ0v) is 11.2. The van der Waals surface area contributed by atoms with Crippen LogP contribution in [0.3, 0.4) is 0 Å². The van der Waals surface area contributed by atoms with Gasteiger partial charge in [0.2, 0.25) is 0 Å². The summed E-state index contributed by atoms with van der Waals surface area (Å²) in [4.78, 5) is 12.8. The van der Waals surface area contributed by atoms with Crippen molar-refractivity contribution in [2.75, 3.05) is 44.7 Å². The number of benzene rings is 1. The second-order valence-corrected chi connectivity index (χ2v) is 4.68. The molecule has 1 aromatic carbocycles. The average Bonchev–Trinajstić information content (AvgIpc) is 2.39. The Morgan fingerprint density at radius 2 is 2.16 bits per heavy atom. The maximum absolute atomic E-state index is 11.0. The number of hydrogen-bond acceptors (Lipinski definition) is 5. The van der Waals surface area contributed by atoms with E-state index in [0.29, 0.717) is 12.2 Å². The molecule has 6 nitrogen and oxygen atoms in total. The van der Waals surface area contributed by atoms with Gasteiger partial charge in [-0.1, -0.05) is 17.7 Å². The number of ether oxygens (including phenoxy) is 1. The molecular weight excluding hydrogens is 270 g/mol. The monoisotopic (exact) mass is 285 g/mol. The van der Waals surface area contributed by atoms with Crippen molar-refractivity contribution < 1.29 is 9.66 Å². The van der Waals surface area contributed by atoms with Crippen LogP contribution in [0.25, 0.3) is 0 Å². The molecule has 0 amide bonds. The number of rotatable bonds is 5. The number of halogens is 1. The van der Waals surface area contributed by atoms with Crippen LogP contribution in [0.1, 0.15) is 0 Å². The van der Waals surface area contributed by atoms with Crippen LogP contribution in [0.5, 0.6) is 0 Å². The van der Waals surface area contributed by atoms with Gasteiger partial charge in [-0.05, 0) is 12.1 Å². The van der Waals surface area contributed by atoms with Gasteiger partial charge in [0.25, 0.3) is 0 Å². The molecule has 2 rings (SSSR count). The smallest absolute Gasteiger partial charge is 0.310 e. The predicted octanol–water partition coefficient (Wildman–Crippen LogP) is 1.99. The third kappa shape index (κ3) is 3.79. The van der Waals surface area contributed by atoms with E-state index in [-0.39, 0.29) is 10.7 Å². The number of nitro benzene ring substituents is 1. The highest BCUT2D eigenvalue weighted by Gasteiger charge is 2.18. The highest BCUT2D eigenvalue weighted by Crippen LogP contribution is 2.31. The number of nitrogens with zero attached hydrogens (tertiary/aromatic N) is 2. The quantitative estimate of drug-likeness (QED) is 0.662. The molecule has 0 aromatic heterocycles. The first-order chi connectivity index (χ1) is 9.18. The van der Waals surface area contributed by atoms with Crippen LogP contribution in [-0.4, -0.2) is 49.2 Å². The minimum absolute atomic E-state index is 0.0638. The van der Waals surface area contributed by atoms with Crippen molar-refractivity contribution in [3.05, 3.63) is 33.3 Å². The van der Waals surface area contributed by atoms with Gasteiger partial charge in [0.15, 0.2) is 0 Å². The van der Waals surface area contributed by atoms with Gasteiger partial charge in [0, 0.05) is 26.2 Å². The van der Waals surface area contributed by atoms with E-state index < -0.39 is 4.92 Å². The van der Waals surface area contributed by atoms with E-state index in [0.717, 1.165) is 32.8 Å². The molecule has 0 unspecified atom stereocenters. The van der Waals surface area contributed by atoms with Gasteiger partial charge in [0.05, 0.1) is 18.1 Å². The summed E-state index contributed by atoms with van der Waals surface area (Å²) in [6, 6.07) is 4.89. The molecule has 0 radical (unpaired) electrons. The topological polar surface area (TPSA) is 67.6 Å². The van der Waals surface area contributed by atoms with Crippen LogP contribution in [0.15, 0.2) is 18.2 Å². The van der Waals surface area contributed by atoms with E-state index in [1.807, 2.05) is 0 Å². The number of para-hydroxylation sites is 1. The zero-order chi connectivity index (χ0) is 13.7. The fourth-order valence-electron chi connectivity index (χ4n) is 2.02. The van der Waals surface area contributed by atoms with Crippen LogP contribution >= 0.6 is 11.6 Å². The van der Waals surface area contributed by atoms with Gasteiger partial charge in [0.1, 0.15) is 10.7 Å². The molecule has 1 fully saturated rings. The summed E-state index contributed by atoms with van der Waals surface area (Å²) in [6.45, 7) is 4.77. The largest absolute Gasteiger partial charge is 0.379 e. The van der Waals surface area contributed by atoms with Gasteiger partial charge < -0.3 is 10.1 Å². The molecule has 104 valence electrons. The van der Waals surface area contributed by atoms with E-state index in [1.165, 1.54) is 6.07 Å². The van der Waals surface area contributed by atoms with Crippen molar-refractivity contribution in [3.63, 3.8) is 0 Å². The van der Waals surface area contributed by atoms with Crippen molar-refractivity contribution in [1.82, 2.24) is 4.90 Å². The Morgan fingerprint density at radius 1 is 1.42 bits per heavy atom. The molecule has 1 aliphatic rings. The Morgan fingerprint density at radius 3 is 2.84 bits per heavy atom. The van der Waals surface area contributed by atoms with Gasteiger partial charge in [-0.15, -0.1) is 0 Å². The van der Waals surface area contributed by atoms with Crippen molar-refractivity contribution in [3.8, 4) is 0 Å². The average molecular weight is 286 g/mol. The summed E-state index contributed by atoms with van der Waals surface area (Å²) in [5, 5.41) is 14.2. The lowest BCUT2D eigenvalue weighted by atomic mass is 10.2. The lowest BCUT2D eigenvalue weighted by Crippen LogP contribution is -2.39. The first-order valence-corrected chi connectivity index (χ1v) is 6.53. The van der Waals surface area contributed by atoms with E-state index in [9.17, 15) is 10.1 Å². The van der Waals surface area contributed by atoms with E-state index >= 15 is 0 Å². The molecule has 1 aromatic rings. The summed E-state index contributed by atoms with van der Waals surface area (Å²) in [6.07, 6.45) is 0. The molecule has 1 saturated heterocycles. The van der Waals surface area contributed by atoms with E-state index in [1.54, 1.807) is 12.1 Å². The Hall–Kier alpha value is -1.37. The molecular formula is C12H16ClN3O3. The lowest BCUT2D eigenvalue weighted by molar-refractivity contribution is -0.383. The third-order valence-corrected chi connectivity index (χ3v) is 3.32. The summed E-state index contributed by atoms with van der Waals surface area (Å²) >= 11 is 5.84. The van der Waals surface area contributed by atoms with Crippen LogP contribution in [0, 0.1) is 10.1 Å². The predicted molar refractivity (Wildman–Crippen MR) is 73.9 cm³/mol. The van der Waals surface area contributed by atoms with E-state index in [2.05, 4.69) is 10.2 Å². The molecule has 19 heavy (non-hydrogen) atoms. The van der Waals surface area contributed by atoms with Crippen molar-refractivity contribution in [2.45, 2.75) is 0 Å². The molecule has 1 N–H and O–H groups in total. The summed E-state index contributed by atoms with van der Waals surface area (Å²) in [5.74, 6) is 0. The van der Waals surface area contributed by atoms with Gasteiger partial charge in [-0.25, -0.2) is 0 Å². The molecule has 0 aliphatic carbocycles. The Bertz CT molecular complexity index is 450. The molecule has 7 heteroatoms. The molecule has 1 heterocycles. The fourth-order valence-corrected chi connectivity index (χ4v) is 2.26. The standard InChI is InChI=1S/C12H16ClN3O3/c13-10-2-1-3-11(12(10)16(17)18)14-4-5-15-6-8-19-9-7-15/h1-3,14H,4-9H2. The first-order valence-electron chi connectivity index (χ1n) is 6.15. The minimum Gasteiger partial charge on any atom is -0.379 e. The number of nitrogens with one attached hydrogen (secondary N) is 1. The Kier molecular flexibility index (Phi) is 4.95. The third-order valence-electron chi connectivity index (χ3n) is 3.02. The minimum atomic E-state index is -0.459. The SMILES string of the molecule is O=[N+]([O-])c1c(Cl)cccc1NCCN1CCOCC1. The van der Waals surface area contributed by atoms with Crippen LogP contribution < -0.4 is 5.32 Å². The van der Waals surface area contributed by atoms with Gasteiger partial charge in [-0.2, -0.15) is 0 Å². The van der Waals surface area contributed by atoms with Crippen molar-refractivity contribution in [1.29, 1.82) is 0 Å². The van der Waals surface area contributed by atoms with Crippen molar-refractivity contribution in [2.24, 2.45) is 0 Å². The number of morpholine rings is 1. The molecule has 0 bridgehead atoms. The summed E-state index contributed by atoms with van der Waals surface area (Å²) in [7, 11) is 0. The molecule has 0 saturated carbocycles. The number of nitro groups is 1. The molecule has 0 atom stereocenters. The highest BCUT2D eigenvalue weighted by molar-refractivity contribution is 6.33. The maximum Gasteiger partial charge on any atom is 0.310 e. The van der Waals surface area contributed by atoms with E-state index in [4.69, 9.17) is 16.3 Å². The first kappa shape index (κ1) is 14.0.